The Balaban J connectivity index is 0.00000121. The largest absolute Gasteiger partial charge is 0.417 e. The molecule has 0 N–H and O–H groups in total. The summed E-state index contributed by atoms with van der Waals surface area (Å²) in [6.45, 7) is 0. The average molecular weight is 261 g/mol. The lowest BCUT2D eigenvalue weighted by molar-refractivity contribution is -0.138. The predicted molar refractivity (Wildman–Crippen MR) is 46.4 cm³/mol. The highest BCUT2D eigenvalue weighted by Crippen LogP contribution is 2.34. The lowest BCUT2D eigenvalue weighted by atomic mass is 10.2. The van der Waals surface area contributed by atoms with Crippen LogP contribution in [0.15, 0.2) is 28.7 Å². The van der Waals surface area contributed by atoms with Gasteiger partial charge in [0.2, 0.25) is 0 Å². The smallest absolute Gasteiger partial charge is 0.166 e. The van der Waals surface area contributed by atoms with E-state index >= 15 is 0 Å². The summed E-state index contributed by atoms with van der Waals surface area (Å²) < 4.78 is 36.1. The Morgan fingerprint density at radius 3 is 1.92 bits per heavy atom. The summed E-state index contributed by atoms with van der Waals surface area (Å²) in [5.74, 6) is 0. The molecule has 0 spiro atoms. The molecular formula is C7H5BrClF3. The van der Waals surface area contributed by atoms with Gasteiger partial charge in [-0.25, -0.2) is 0 Å². The summed E-state index contributed by atoms with van der Waals surface area (Å²) in [7, 11) is 0. The molecule has 0 aliphatic rings. The van der Waals surface area contributed by atoms with E-state index in [2.05, 4.69) is 15.9 Å². The molecule has 5 heteroatoms. The van der Waals surface area contributed by atoms with Crippen LogP contribution in [0.25, 0.3) is 0 Å². The second-order valence-electron chi connectivity index (χ2n) is 1.98. The van der Waals surface area contributed by atoms with Crippen molar-refractivity contribution in [2.75, 3.05) is 0 Å². The molecule has 1 aromatic carbocycles. The fourth-order valence-electron chi connectivity index (χ4n) is 0.691. The predicted octanol–water partition coefficient (Wildman–Crippen LogP) is 3.89. The summed E-state index contributed by atoms with van der Waals surface area (Å²) in [6.07, 6.45) is -4.26. The number of hydrogen-bond donors (Lipinski definition) is 0. The maximum atomic E-state index is 12.0. The van der Waals surface area contributed by atoms with E-state index in [1.54, 1.807) is 6.07 Å². The molecule has 0 bridgehead atoms. The molecule has 0 fully saturated rings. The van der Waals surface area contributed by atoms with E-state index in [-0.39, 0.29) is 16.9 Å². The molecule has 1 aromatic rings. The van der Waals surface area contributed by atoms with Crippen molar-refractivity contribution < 1.29 is 13.2 Å². The molecular weight excluding hydrogens is 256 g/mol. The summed E-state index contributed by atoms with van der Waals surface area (Å²) in [4.78, 5) is 0. The normalized spacial score (nSPS) is 10.7. The van der Waals surface area contributed by atoms with E-state index in [1.807, 2.05) is 0 Å². The Morgan fingerprint density at radius 1 is 1.08 bits per heavy atom. The van der Waals surface area contributed by atoms with Crippen molar-refractivity contribution in [3.05, 3.63) is 34.3 Å². The Kier molecular flexibility index (Phi) is 4.06. The summed E-state index contributed by atoms with van der Waals surface area (Å²) in [5, 5.41) is 0. The lowest BCUT2D eigenvalue weighted by Gasteiger charge is -2.07. The lowest BCUT2D eigenvalue weighted by Crippen LogP contribution is -2.05. The van der Waals surface area contributed by atoms with Crippen LogP contribution in [0.5, 0.6) is 0 Å². The summed E-state index contributed by atoms with van der Waals surface area (Å²) in [6, 6.07) is 5.29. The topological polar surface area (TPSA) is 0 Å². The van der Waals surface area contributed by atoms with E-state index in [1.165, 1.54) is 12.1 Å². The first-order chi connectivity index (χ1) is 5.02. The number of hydrogen-bond acceptors (Lipinski definition) is 0. The van der Waals surface area contributed by atoms with Gasteiger partial charge in [0.15, 0.2) is 0 Å². The highest BCUT2D eigenvalue weighted by Gasteiger charge is 2.32. The fourth-order valence-corrected chi connectivity index (χ4v) is 1.20. The zero-order valence-electron chi connectivity index (χ0n) is 5.73. The average Bonchev–Trinajstić information content (AvgIpc) is 1.86. The van der Waals surface area contributed by atoms with E-state index in [0.29, 0.717) is 0 Å². The van der Waals surface area contributed by atoms with Crippen molar-refractivity contribution in [3.8, 4) is 0 Å². The van der Waals surface area contributed by atoms with Gasteiger partial charge in [-0.05, 0) is 12.1 Å². The van der Waals surface area contributed by atoms with Crippen LogP contribution in [0, 0.1) is 0 Å². The van der Waals surface area contributed by atoms with Gasteiger partial charge in [-0.3, -0.25) is 0 Å². The Morgan fingerprint density at radius 2 is 1.58 bits per heavy atom. The molecule has 0 aromatic heterocycles. The van der Waals surface area contributed by atoms with Crippen LogP contribution in [-0.4, -0.2) is 0 Å². The van der Waals surface area contributed by atoms with Crippen LogP contribution in [-0.2, 0) is 6.18 Å². The highest BCUT2D eigenvalue weighted by molar-refractivity contribution is 9.10. The third kappa shape index (κ3) is 2.68. The maximum Gasteiger partial charge on any atom is 0.417 e. The van der Waals surface area contributed by atoms with Crippen molar-refractivity contribution in [1.29, 1.82) is 0 Å². The molecule has 1 rings (SSSR count). The second-order valence-corrected chi connectivity index (χ2v) is 2.83. The van der Waals surface area contributed by atoms with Gasteiger partial charge in [0.05, 0.1) is 5.56 Å². The molecule has 0 heterocycles. The number of benzene rings is 1. The minimum atomic E-state index is -4.26. The third-order valence-corrected chi connectivity index (χ3v) is 1.87. The molecule has 68 valence electrons. The van der Waals surface area contributed by atoms with E-state index < -0.39 is 11.7 Å². The molecule has 0 atom stereocenters. The quantitative estimate of drug-likeness (QED) is 0.664. The molecule has 0 saturated carbocycles. The number of rotatable bonds is 0. The Labute approximate surface area is 82.3 Å². The van der Waals surface area contributed by atoms with Gasteiger partial charge in [-0.15, -0.1) is 12.4 Å². The SMILES string of the molecule is Cl.FC(F)(F)c1ccccc1Br. The van der Waals surface area contributed by atoms with Crippen molar-refractivity contribution in [2.45, 2.75) is 6.18 Å². The second kappa shape index (κ2) is 4.14. The molecule has 0 saturated heterocycles. The van der Waals surface area contributed by atoms with Gasteiger partial charge in [-0.1, -0.05) is 28.1 Å². The Hall–Kier alpha value is -0.220. The van der Waals surface area contributed by atoms with Crippen molar-refractivity contribution in [1.82, 2.24) is 0 Å². The first kappa shape index (κ1) is 11.8. The summed E-state index contributed by atoms with van der Waals surface area (Å²) >= 11 is 2.81. The van der Waals surface area contributed by atoms with Crippen molar-refractivity contribution in [3.63, 3.8) is 0 Å². The van der Waals surface area contributed by atoms with Gasteiger partial charge < -0.3 is 0 Å². The molecule has 0 aliphatic carbocycles. The molecule has 0 radical (unpaired) electrons. The Bertz CT molecular complexity index is 259. The molecule has 0 amide bonds. The third-order valence-electron chi connectivity index (χ3n) is 1.18. The maximum absolute atomic E-state index is 12.0. The van der Waals surface area contributed by atoms with Crippen molar-refractivity contribution in [2.24, 2.45) is 0 Å². The van der Waals surface area contributed by atoms with Crippen LogP contribution >= 0.6 is 28.3 Å². The van der Waals surface area contributed by atoms with Gasteiger partial charge in [-0.2, -0.15) is 13.2 Å². The van der Waals surface area contributed by atoms with Crippen LogP contribution in [0.1, 0.15) is 5.56 Å². The van der Waals surface area contributed by atoms with E-state index in [9.17, 15) is 13.2 Å². The van der Waals surface area contributed by atoms with Gasteiger partial charge >= 0.3 is 6.18 Å². The van der Waals surface area contributed by atoms with E-state index in [4.69, 9.17) is 0 Å². The first-order valence-electron chi connectivity index (χ1n) is 2.83. The van der Waals surface area contributed by atoms with Crippen LogP contribution in [0.4, 0.5) is 13.2 Å². The van der Waals surface area contributed by atoms with Crippen LogP contribution in [0.2, 0.25) is 0 Å². The monoisotopic (exact) mass is 260 g/mol. The molecule has 0 aliphatic heterocycles. The van der Waals surface area contributed by atoms with Crippen LogP contribution in [0.3, 0.4) is 0 Å². The molecule has 0 unspecified atom stereocenters. The fraction of sp³-hybridized carbons (Fsp3) is 0.143. The number of alkyl halides is 3. The van der Waals surface area contributed by atoms with Gasteiger partial charge in [0.25, 0.3) is 0 Å². The standard InChI is InChI=1S/C7H4BrF3.ClH/c8-6-4-2-1-3-5(6)7(9,10)11;/h1-4H;1H. The van der Waals surface area contributed by atoms with Crippen molar-refractivity contribution >= 4 is 28.3 Å². The zero-order valence-corrected chi connectivity index (χ0v) is 8.13. The van der Waals surface area contributed by atoms with E-state index in [0.717, 1.165) is 6.07 Å². The minimum Gasteiger partial charge on any atom is -0.166 e. The number of halogens is 5. The van der Waals surface area contributed by atoms with Gasteiger partial charge in [0.1, 0.15) is 0 Å². The highest BCUT2D eigenvalue weighted by atomic mass is 79.9. The van der Waals surface area contributed by atoms with Crippen LogP contribution < -0.4 is 0 Å². The van der Waals surface area contributed by atoms with Gasteiger partial charge in [0, 0.05) is 4.47 Å². The minimum absolute atomic E-state index is 0. The molecule has 0 nitrogen and oxygen atoms in total. The molecule has 12 heavy (non-hydrogen) atoms. The summed E-state index contributed by atoms with van der Waals surface area (Å²) in [5.41, 5.74) is -0.639. The first-order valence-corrected chi connectivity index (χ1v) is 3.63. The zero-order chi connectivity index (χ0) is 8.48.